The third-order valence-corrected chi connectivity index (χ3v) is 6.25. The maximum atomic E-state index is 11.4. The second-order valence-corrected chi connectivity index (χ2v) is 8.13. The highest BCUT2D eigenvalue weighted by Crippen LogP contribution is 2.46. The molecule has 1 aliphatic heterocycles. The van der Waals surface area contributed by atoms with Crippen LogP contribution in [0.1, 0.15) is 42.0 Å². The lowest BCUT2D eigenvalue weighted by Gasteiger charge is -2.25. The van der Waals surface area contributed by atoms with E-state index >= 15 is 0 Å². The van der Waals surface area contributed by atoms with Gasteiger partial charge in [0.15, 0.2) is 0 Å². The molecule has 1 N–H and O–H groups in total. The lowest BCUT2D eigenvalue weighted by molar-refractivity contribution is -0.137. The van der Waals surface area contributed by atoms with Crippen LogP contribution in [-0.4, -0.2) is 20.6 Å². The maximum Gasteiger partial charge on any atom is 0.304 e. The monoisotopic (exact) mass is 366 g/mol. The van der Waals surface area contributed by atoms with Gasteiger partial charge in [-0.1, -0.05) is 29.5 Å². The fourth-order valence-corrected chi connectivity index (χ4v) is 5.14. The molecule has 134 valence electrons. The Morgan fingerprint density at radius 3 is 2.77 bits per heavy atom. The molecule has 4 rings (SSSR count). The molecule has 0 saturated carbocycles. The molecule has 0 bridgehead atoms. The van der Waals surface area contributed by atoms with Crippen molar-refractivity contribution < 1.29 is 9.90 Å². The van der Waals surface area contributed by atoms with Crippen molar-refractivity contribution in [3.63, 3.8) is 0 Å². The highest BCUT2D eigenvalue weighted by atomic mass is 32.2. The first-order chi connectivity index (χ1) is 12.5. The number of benzene rings is 1. The van der Waals surface area contributed by atoms with Crippen molar-refractivity contribution in [2.45, 2.75) is 55.4 Å². The van der Waals surface area contributed by atoms with E-state index in [1.807, 2.05) is 12.3 Å². The molecule has 0 amide bonds. The van der Waals surface area contributed by atoms with Gasteiger partial charge in [-0.05, 0) is 50.5 Å². The molecule has 1 aromatic carbocycles. The second-order valence-electron chi connectivity index (χ2n) is 7.04. The molecule has 0 radical (unpaired) electrons. The first kappa shape index (κ1) is 17.2. The molecule has 26 heavy (non-hydrogen) atoms. The zero-order chi connectivity index (χ0) is 18.3. The number of aryl methyl sites for hydroxylation is 3. The van der Waals surface area contributed by atoms with Crippen molar-refractivity contribution in [3.05, 3.63) is 53.3 Å². The topological polar surface area (TPSA) is 55.1 Å². The summed E-state index contributed by atoms with van der Waals surface area (Å²) in [5.74, 6) is -0.688. The minimum Gasteiger partial charge on any atom is -0.481 e. The Labute approximate surface area is 157 Å². The van der Waals surface area contributed by atoms with E-state index in [2.05, 4.69) is 47.7 Å². The van der Waals surface area contributed by atoms with Crippen LogP contribution in [-0.2, 0) is 11.3 Å². The summed E-state index contributed by atoms with van der Waals surface area (Å²) in [6, 6.07) is 10.5. The number of hydrogen-bond acceptors (Lipinski definition) is 3. The molecular weight excluding hydrogens is 344 g/mol. The normalized spacial score (nSPS) is 16.6. The van der Waals surface area contributed by atoms with Gasteiger partial charge in [-0.2, -0.15) is 0 Å². The van der Waals surface area contributed by atoms with Crippen molar-refractivity contribution in [2.24, 2.45) is 0 Å². The number of hydrogen-bond donors (Lipinski definition) is 1. The van der Waals surface area contributed by atoms with Gasteiger partial charge in [-0.15, -0.1) is 0 Å². The van der Waals surface area contributed by atoms with Crippen LogP contribution in [0.15, 0.2) is 46.3 Å². The van der Waals surface area contributed by atoms with Crippen molar-refractivity contribution >= 4 is 28.8 Å². The van der Waals surface area contributed by atoms with E-state index in [9.17, 15) is 9.90 Å². The Morgan fingerprint density at radius 2 is 2.04 bits per heavy atom. The molecule has 0 aliphatic carbocycles. The van der Waals surface area contributed by atoms with Crippen molar-refractivity contribution in [2.75, 3.05) is 0 Å². The average molecular weight is 366 g/mol. The quantitative estimate of drug-likeness (QED) is 0.693. The molecule has 1 unspecified atom stereocenters. The standard InChI is InChI=1S/C21H22N2O2S/c1-13-5-7-16(8-6-13)26-20-18-14(2)9-10-22-21(18)23-11-3-4-15(19(20)23)12-17(24)25/h5-10,15H,3-4,11-12H2,1-2H3,(H,24,25). The number of rotatable bonds is 4. The summed E-state index contributed by atoms with van der Waals surface area (Å²) < 4.78 is 2.26. The average Bonchev–Trinajstić information content (AvgIpc) is 2.93. The fourth-order valence-electron chi connectivity index (χ4n) is 3.90. The Hall–Kier alpha value is -2.27. The summed E-state index contributed by atoms with van der Waals surface area (Å²) in [6.45, 7) is 5.11. The van der Waals surface area contributed by atoms with Gasteiger partial charge in [0.25, 0.3) is 0 Å². The van der Waals surface area contributed by atoms with Crippen molar-refractivity contribution in [3.8, 4) is 0 Å². The largest absolute Gasteiger partial charge is 0.481 e. The molecule has 0 saturated heterocycles. The summed E-state index contributed by atoms with van der Waals surface area (Å²) in [6.07, 6.45) is 3.95. The van der Waals surface area contributed by atoms with Gasteiger partial charge in [-0.25, -0.2) is 4.98 Å². The van der Waals surface area contributed by atoms with Crippen LogP contribution in [0.2, 0.25) is 0 Å². The van der Waals surface area contributed by atoms with Gasteiger partial charge in [0, 0.05) is 39.5 Å². The van der Waals surface area contributed by atoms with E-state index in [4.69, 9.17) is 0 Å². The van der Waals surface area contributed by atoms with Gasteiger partial charge in [-0.3, -0.25) is 4.79 Å². The summed E-state index contributed by atoms with van der Waals surface area (Å²) in [5, 5.41) is 10.6. The number of carbonyl (C=O) groups is 1. The molecular formula is C21H22N2O2S. The molecule has 0 spiro atoms. The van der Waals surface area contributed by atoms with E-state index < -0.39 is 5.97 Å². The van der Waals surface area contributed by atoms with Crippen LogP contribution in [0.4, 0.5) is 0 Å². The number of carboxylic acid groups (broad SMARTS) is 1. The molecule has 1 aliphatic rings. The first-order valence-corrected chi connectivity index (χ1v) is 9.80. The van der Waals surface area contributed by atoms with Crippen LogP contribution in [0, 0.1) is 13.8 Å². The fraction of sp³-hybridized carbons (Fsp3) is 0.333. The molecule has 1 atom stereocenters. The summed E-state index contributed by atoms with van der Waals surface area (Å²) >= 11 is 1.74. The molecule has 3 heterocycles. The number of nitrogens with zero attached hydrogens (tertiary/aromatic N) is 2. The Balaban J connectivity index is 1.91. The van der Waals surface area contributed by atoms with E-state index in [0.717, 1.165) is 30.7 Å². The van der Waals surface area contributed by atoms with Gasteiger partial charge in [0.2, 0.25) is 0 Å². The van der Waals surface area contributed by atoms with Gasteiger partial charge >= 0.3 is 5.97 Å². The van der Waals surface area contributed by atoms with Crippen LogP contribution < -0.4 is 0 Å². The van der Waals surface area contributed by atoms with Crippen LogP contribution in [0.5, 0.6) is 0 Å². The van der Waals surface area contributed by atoms with Crippen molar-refractivity contribution in [1.29, 1.82) is 0 Å². The minimum absolute atomic E-state index is 0.0443. The van der Waals surface area contributed by atoms with E-state index in [1.165, 1.54) is 26.3 Å². The Kier molecular flexibility index (Phi) is 4.49. The van der Waals surface area contributed by atoms with Crippen molar-refractivity contribution in [1.82, 2.24) is 9.55 Å². The van der Waals surface area contributed by atoms with E-state index in [0.29, 0.717) is 0 Å². The molecule has 3 aromatic rings. The highest BCUT2D eigenvalue weighted by molar-refractivity contribution is 7.99. The van der Waals surface area contributed by atoms with Gasteiger partial charge in [0.05, 0.1) is 6.42 Å². The van der Waals surface area contributed by atoms with E-state index in [1.54, 1.807) is 11.8 Å². The van der Waals surface area contributed by atoms with E-state index in [-0.39, 0.29) is 12.3 Å². The number of aromatic nitrogens is 2. The lowest BCUT2D eigenvalue weighted by atomic mass is 9.92. The minimum atomic E-state index is -0.732. The van der Waals surface area contributed by atoms with Crippen LogP contribution in [0.3, 0.4) is 0 Å². The van der Waals surface area contributed by atoms with Gasteiger partial charge in [0.1, 0.15) is 5.65 Å². The zero-order valence-corrected chi connectivity index (χ0v) is 15.8. The molecule has 4 nitrogen and oxygen atoms in total. The smallest absolute Gasteiger partial charge is 0.304 e. The summed E-state index contributed by atoms with van der Waals surface area (Å²) in [7, 11) is 0. The molecule has 2 aromatic heterocycles. The van der Waals surface area contributed by atoms with Crippen LogP contribution in [0.25, 0.3) is 11.0 Å². The summed E-state index contributed by atoms with van der Waals surface area (Å²) in [5.41, 5.74) is 4.58. The first-order valence-electron chi connectivity index (χ1n) is 8.98. The predicted octanol–water partition coefficient (Wildman–Crippen LogP) is 5.16. The van der Waals surface area contributed by atoms with Gasteiger partial charge < -0.3 is 9.67 Å². The number of pyridine rings is 1. The SMILES string of the molecule is Cc1ccc(Sc2c3n(c4nccc(C)c24)CCCC3CC(=O)O)cc1. The molecule has 5 heteroatoms. The highest BCUT2D eigenvalue weighted by Gasteiger charge is 2.30. The third-order valence-electron chi connectivity index (χ3n) is 5.13. The zero-order valence-electron chi connectivity index (χ0n) is 15.0. The number of fused-ring (bicyclic) bond motifs is 3. The summed E-state index contributed by atoms with van der Waals surface area (Å²) in [4.78, 5) is 18.4. The maximum absolute atomic E-state index is 11.4. The number of aliphatic carboxylic acids is 1. The molecule has 0 fully saturated rings. The predicted molar refractivity (Wildman–Crippen MR) is 104 cm³/mol. The third kappa shape index (κ3) is 3.01. The Bertz CT molecular complexity index is 976. The Morgan fingerprint density at radius 1 is 1.27 bits per heavy atom. The second kappa shape index (κ2) is 6.80. The number of carboxylic acids is 1. The van der Waals surface area contributed by atoms with Crippen LogP contribution >= 0.6 is 11.8 Å². The lowest BCUT2D eigenvalue weighted by Crippen LogP contribution is -2.18.